The molecule has 5 atom stereocenters. The van der Waals surface area contributed by atoms with Gasteiger partial charge in [0.15, 0.2) is 0 Å². The highest BCUT2D eigenvalue weighted by atomic mass is 35.5. The fraction of sp³-hybridized carbons (Fsp3) is 0.533. The van der Waals surface area contributed by atoms with Crippen molar-refractivity contribution in [1.82, 2.24) is 5.32 Å². The molecule has 0 aromatic heterocycles. The summed E-state index contributed by atoms with van der Waals surface area (Å²) in [7, 11) is 0. The summed E-state index contributed by atoms with van der Waals surface area (Å²) in [6.45, 7) is 0. The van der Waals surface area contributed by atoms with Gasteiger partial charge >= 0.3 is 0 Å². The molecule has 1 amide bonds. The van der Waals surface area contributed by atoms with Crippen LogP contribution in [0.15, 0.2) is 30.3 Å². The Hall–Kier alpha value is -0.440. The highest BCUT2D eigenvalue weighted by molar-refractivity contribution is 6.37. The van der Waals surface area contributed by atoms with Crippen molar-refractivity contribution in [3.05, 3.63) is 35.9 Å². The van der Waals surface area contributed by atoms with E-state index in [0.29, 0.717) is 6.42 Å². The monoisotopic (exact) mass is 331 g/mol. The van der Waals surface area contributed by atoms with Crippen LogP contribution in [0.4, 0.5) is 0 Å². The van der Waals surface area contributed by atoms with Gasteiger partial charge in [0.1, 0.15) is 4.87 Å². The van der Waals surface area contributed by atoms with E-state index in [0.717, 1.165) is 18.4 Å². The topological polar surface area (TPSA) is 29.1 Å². The lowest BCUT2D eigenvalue weighted by Crippen LogP contribution is -2.40. The van der Waals surface area contributed by atoms with Crippen molar-refractivity contribution >= 4 is 40.7 Å². The molecule has 1 aromatic carbocycles. The number of hydrogen-bond acceptors (Lipinski definition) is 1. The first-order valence-electron chi connectivity index (χ1n) is 6.85. The standard InChI is InChI=1S/C15H16Cl3NO/c16-10-6-7-12-13(10)15(18,14(20)19-12)8-11(17)9-4-2-1-3-5-9/h1-5,10-13H,6-8H2,(H,19,20)/t10-,11?,12-,13+,15+/m0/s1. The van der Waals surface area contributed by atoms with Gasteiger partial charge in [-0.3, -0.25) is 4.79 Å². The molecule has 108 valence electrons. The molecule has 5 heteroatoms. The second-order valence-corrected chi connectivity index (χ2v) is 7.41. The third-order valence-electron chi connectivity index (χ3n) is 4.44. The van der Waals surface area contributed by atoms with Crippen molar-refractivity contribution in [2.75, 3.05) is 0 Å². The van der Waals surface area contributed by atoms with E-state index < -0.39 is 4.87 Å². The number of nitrogens with one attached hydrogen (secondary N) is 1. The minimum Gasteiger partial charge on any atom is -0.351 e. The van der Waals surface area contributed by atoms with E-state index in [1.54, 1.807) is 0 Å². The summed E-state index contributed by atoms with van der Waals surface area (Å²) < 4.78 is 0. The van der Waals surface area contributed by atoms with Crippen LogP contribution in [0.3, 0.4) is 0 Å². The number of halogens is 3. The number of hydrogen-bond donors (Lipinski definition) is 1. The first kappa shape index (κ1) is 14.5. The van der Waals surface area contributed by atoms with E-state index >= 15 is 0 Å². The molecule has 0 bridgehead atoms. The van der Waals surface area contributed by atoms with Crippen LogP contribution in [0.5, 0.6) is 0 Å². The predicted octanol–water partition coefficient (Wildman–Crippen LogP) is 3.85. The molecule has 0 spiro atoms. The van der Waals surface area contributed by atoms with E-state index in [4.69, 9.17) is 34.8 Å². The zero-order valence-electron chi connectivity index (χ0n) is 10.9. The first-order valence-corrected chi connectivity index (χ1v) is 8.10. The first-order chi connectivity index (χ1) is 9.52. The Kier molecular flexibility index (Phi) is 3.91. The SMILES string of the molecule is O=C1N[C@H]2CC[C@H](Cl)[C@H]2[C@]1(Cl)CC(Cl)c1ccccc1. The number of alkyl halides is 3. The molecule has 2 nitrogen and oxygen atoms in total. The van der Waals surface area contributed by atoms with Gasteiger partial charge in [-0.2, -0.15) is 0 Å². The Morgan fingerprint density at radius 3 is 2.70 bits per heavy atom. The third kappa shape index (κ3) is 2.32. The summed E-state index contributed by atoms with van der Waals surface area (Å²) >= 11 is 19.5. The van der Waals surface area contributed by atoms with Gasteiger partial charge in [0.05, 0.1) is 5.38 Å². The molecule has 20 heavy (non-hydrogen) atoms. The highest BCUT2D eigenvalue weighted by Crippen LogP contribution is 2.50. The summed E-state index contributed by atoms with van der Waals surface area (Å²) in [5, 5.41) is 2.63. The summed E-state index contributed by atoms with van der Waals surface area (Å²) in [5.74, 6) is -0.163. The lowest BCUT2D eigenvalue weighted by atomic mass is 9.85. The molecule has 1 saturated heterocycles. The Labute approximate surface area is 133 Å². The number of benzene rings is 1. The van der Waals surface area contributed by atoms with Crippen molar-refractivity contribution in [3.8, 4) is 0 Å². The molecule has 1 unspecified atom stereocenters. The number of fused-ring (bicyclic) bond motifs is 1. The summed E-state index contributed by atoms with van der Waals surface area (Å²) in [4.78, 5) is 11.3. The molecule has 2 aliphatic rings. The minimum absolute atomic E-state index is 0.0386. The fourth-order valence-electron chi connectivity index (χ4n) is 3.43. The highest BCUT2D eigenvalue weighted by Gasteiger charge is 2.59. The van der Waals surface area contributed by atoms with E-state index in [2.05, 4.69) is 5.32 Å². The second-order valence-electron chi connectivity index (χ2n) is 5.64. The second kappa shape index (κ2) is 5.40. The number of carbonyl (C=O) groups excluding carboxylic acids is 1. The van der Waals surface area contributed by atoms with Gasteiger partial charge in [0.25, 0.3) is 0 Å². The Balaban J connectivity index is 1.83. The molecule has 1 saturated carbocycles. The maximum atomic E-state index is 12.3. The Bertz CT molecular complexity index is 509. The van der Waals surface area contributed by atoms with Gasteiger partial charge in [-0.1, -0.05) is 30.3 Å². The summed E-state index contributed by atoms with van der Waals surface area (Å²) in [5.41, 5.74) is 0.981. The molecule has 0 radical (unpaired) electrons. The average molecular weight is 333 g/mol. The van der Waals surface area contributed by atoms with Gasteiger partial charge in [-0.25, -0.2) is 0 Å². The molecular weight excluding hydrogens is 317 g/mol. The van der Waals surface area contributed by atoms with E-state index in [1.807, 2.05) is 30.3 Å². The molecule has 1 heterocycles. The smallest absolute Gasteiger partial charge is 0.241 e. The van der Waals surface area contributed by atoms with E-state index in [-0.39, 0.29) is 28.6 Å². The van der Waals surface area contributed by atoms with E-state index in [1.165, 1.54) is 0 Å². The Morgan fingerprint density at radius 2 is 2.00 bits per heavy atom. The molecule has 3 rings (SSSR count). The maximum Gasteiger partial charge on any atom is 0.241 e. The number of amides is 1. The van der Waals surface area contributed by atoms with Crippen molar-refractivity contribution in [2.24, 2.45) is 5.92 Å². The Morgan fingerprint density at radius 1 is 1.30 bits per heavy atom. The summed E-state index contributed by atoms with van der Waals surface area (Å²) in [6.07, 6.45) is 2.19. The van der Waals surface area contributed by atoms with Gasteiger partial charge in [-0.05, 0) is 24.8 Å². The van der Waals surface area contributed by atoms with Gasteiger partial charge in [-0.15, -0.1) is 34.8 Å². The number of carbonyl (C=O) groups is 1. The van der Waals surface area contributed by atoms with Gasteiger partial charge < -0.3 is 5.32 Å². The fourth-order valence-corrected chi connectivity index (χ4v) is 4.99. The largest absolute Gasteiger partial charge is 0.351 e. The van der Waals surface area contributed by atoms with Crippen molar-refractivity contribution in [3.63, 3.8) is 0 Å². The molecule has 1 N–H and O–H groups in total. The normalized spacial score (nSPS) is 37.5. The van der Waals surface area contributed by atoms with Crippen LogP contribution in [0, 0.1) is 5.92 Å². The van der Waals surface area contributed by atoms with Crippen molar-refractivity contribution in [1.29, 1.82) is 0 Å². The maximum absolute atomic E-state index is 12.3. The average Bonchev–Trinajstić information content (AvgIpc) is 2.91. The lowest BCUT2D eigenvalue weighted by molar-refractivity contribution is -0.122. The van der Waals surface area contributed by atoms with Gasteiger partial charge in [0.2, 0.25) is 5.91 Å². The molecule has 2 fully saturated rings. The predicted molar refractivity (Wildman–Crippen MR) is 82.5 cm³/mol. The molecule has 1 aliphatic heterocycles. The number of rotatable bonds is 3. The zero-order chi connectivity index (χ0) is 14.3. The van der Waals surface area contributed by atoms with Crippen LogP contribution < -0.4 is 5.32 Å². The van der Waals surface area contributed by atoms with Crippen LogP contribution in [0.1, 0.15) is 30.2 Å². The molecule has 1 aromatic rings. The van der Waals surface area contributed by atoms with E-state index in [9.17, 15) is 4.79 Å². The lowest BCUT2D eigenvalue weighted by Gasteiger charge is -2.29. The third-order valence-corrected chi connectivity index (χ3v) is 5.91. The quantitative estimate of drug-likeness (QED) is 0.837. The minimum atomic E-state index is -0.990. The van der Waals surface area contributed by atoms with Crippen LogP contribution in [0.2, 0.25) is 0 Å². The summed E-state index contributed by atoms with van der Waals surface area (Å²) in [6, 6.07) is 9.81. The van der Waals surface area contributed by atoms with Crippen molar-refractivity contribution in [2.45, 2.75) is 40.9 Å². The zero-order valence-corrected chi connectivity index (χ0v) is 13.1. The van der Waals surface area contributed by atoms with Gasteiger partial charge in [0, 0.05) is 17.3 Å². The molecule has 1 aliphatic carbocycles. The van der Waals surface area contributed by atoms with Crippen molar-refractivity contribution < 1.29 is 4.79 Å². The van der Waals surface area contributed by atoms with Crippen LogP contribution in [-0.2, 0) is 4.79 Å². The molecular formula is C15H16Cl3NO. The van der Waals surface area contributed by atoms with Crippen LogP contribution in [0.25, 0.3) is 0 Å². The van der Waals surface area contributed by atoms with Crippen LogP contribution in [-0.4, -0.2) is 22.2 Å². The van der Waals surface area contributed by atoms with Crippen LogP contribution >= 0.6 is 34.8 Å².